The van der Waals surface area contributed by atoms with Crippen LogP contribution in [0.3, 0.4) is 0 Å². The summed E-state index contributed by atoms with van der Waals surface area (Å²) in [5.74, 6) is 0.846. The zero-order valence-electron chi connectivity index (χ0n) is 10.3. The smallest absolute Gasteiger partial charge is 0.144 e. The van der Waals surface area contributed by atoms with E-state index >= 15 is 0 Å². The van der Waals surface area contributed by atoms with Gasteiger partial charge in [0.2, 0.25) is 0 Å². The summed E-state index contributed by atoms with van der Waals surface area (Å²) in [6, 6.07) is 11.5. The first-order valence-electron chi connectivity index (χ1n) is 5.67. The van der Waals surface area contributed by atoms with Crippen LogP contribution in [0.15, 0.2) is 36.4 Å². The van der Waals surface area contributed by atoms with Gasteiger partial charge in [-0.2, -0.15) is 5.26 Å². The van der Waals surface area contributed by atoms with Gasteiger partial charge in [-0.3, -0.25) is 0 Å². The molecular formula is C15H11ClFNO. The SMILES string of the molecule is Cc1cc(CCl)ccc1Oc1ccc(C#N)c(F)c1. The summed E-state index contributed by atoms with van der Waals surface area (Å²) in [6.45, 7) is 1.89. The van der Waals surface area contributed by atoms with E-state index < -0.39 is 5.82 Å². The third kappa shape index (κ3) is 3.04. The highest BCUT2D eigenvalue weighted by atomic mass is 35.5. The van der Waals surface area contributed by atoms with Crippen LogP contribution in [0, 0.1) is 24.1 Å². The summed E-state index contributed by atoms with van der Waals surface area (Å²) < 4.78 is 19.0. The van der Waals surface area contributed by atoms with E-state index in [-0.39, 0.29) is 5.56 Å². The molecule has 0 spiro atoms. The Morgan fingerprint density at radius 2 is 2.05 bits per heavy atom. The molecular weight excluding hydrogens is 265 g/mol. The van der Waals surface area contributed by atoms with E-state index in [1.165, 1.54) is 12.1 Å². The number of benzene rings is 2. The summed E-state index contributed by atoms with van der Waals surface area (Å²) in [5, 5.41) is 8.66. The highest BCUT2D eigenvalue weighted by Crippen LogP contribution is 2.27. The second-order valence-corrected chi connectivity index (χ2v) is 4.36. The number of ether oxygens (including phenoxy) is 1. The standard InChI is InChI=1S/C15H11ClFNO/c1-10-6-11(8-16)2-5-15(10)19-13-4-3-12(9-18)14(17)7-13/h2-7H,8H2,1H3. The number of alkyl halides is 1. The fourth-order valence-corrected chi connectivity index (χ4v) is 1.85. The summed E-state index contributed by atoms with van der Waals surface area (Å²) in [7, 11) is 0. The molecule has 2 rings (SSSR count). The van der Waals surface area contributed by atoms with Crippen LogP contribution < -0.4 is 4.74 Å². The number of hydrogen-bond donors (Lipinski definition) is 0. The van der Waals surface area contributed by atoms with E-state index in [9.17, 15) is 4.39 Å². The molecule has 0 heterocycles. The summed E-state index contributed by atoms with van der Waals surface area (Å²) in [6.07, 6.45) is 0. The number of hydrogen-bond acceptors (Lipinski definition) is 2. The van der Waals surface area contributed by atoms with Gasteiger partial charge in [0.05, 0.1) is 5.56 Å². The summed E-state index contributed by atoms with van der Waals surface area (Å²) in [4.78, 5) is 0. The van der Waals surface area contributed by atoms with Crippen molar-refractivity contribution < 1.29 is 9.13 Å². The van der Waals surface area contributed by atoms with E-state index in [4.69, 9.17) is 21.6 Å². The molecule has 2 aromatic carbocycles. The minimum atomic E-state index is -0.588. The van der Waals surface area contributed by atoms with Gasteiger partial charge in [-0.15, -0.1) is 11.6 Å². The van der Waals surface area contributed by atoms with Crippen molar-refractivity contribution in [2.45, 2.75) is 12.8 Å². The molecule has 0 fully saturated rings. The van der Waals surface area contributed by atoms with Crippen LogP contribution in [0.5, 0.6) is 11.5 Å². The molecule has 19 heavy (non-hydrogen) atoms. The monoisotopic (exact) mass is 275 g/mol. The second kappa shape index (κ2) is 5.73. The van der Waals surface area contributed by atoms with Crippen molar-refractivity contribution in [3.05, 3.63) is 58.9 Å². The Balaban J connectivity index is 2.26. The number of halogens is 2. The van der Waals surface area contributed by atoms with Crippen molar-refractivity contribution in [1.29, 1.82) is 5.26 Å². The highest BCUT2D eigenvalue weighted by molar-refractivity contribution is 6.17. The Hall–Kier alpha value is -2.05. The van der Waals surface area contributed by atoms with Gasteiger partial charge in [0, 0.05) is 11.9 Å². The molecule has 0 saturated carbocycles. The average Bonchev–Trinajstić information content (AvgIpc) is 2.41. The predicted molar refractivity (Wildman–Crippen MR) is 71.9 cm³/mol. The maximum Gasteiger partial charge on any atom is 0.144 e. The lowest BCUT2D eigenvalue weighted by molar-refractivity contribution is 0.473. The topological polar surface area (TPSA) is 33.0 Å². The maximum absolute atomic E-state index is 13.5. The van der Waals surface area contributed by atoms with Crippen molar-refractivity contribution >= 4 is 11.6 Å². The average molecular weight is 276 g/mol. The molecule has 0 saturated heterocycles. The number of rotatable bonds is 3. The van der Waals surface area contributed by atoms with Gasteiger partial charge in [-0.25, -0.2) is 4.39 Å². The molecule has 2 nitrogen and oxygen atoms in total. The zero-order valence-corrected chi connectivity index (χ0v) is 11.0. The molecule has 0 atom stereocenters. The van der Waals surface area contributed by atoms with E-state index in [0.717, 1.165) is 11.1 Å². The quantitative estimate of drug-likeness (QED) is 0.771. The van der Waals surface area contributed by atoms with Gasteiger partial charge in [0.15, 0.2) is 0 Å². The third-order valence-corrected chi connectivity index (χ3v) is 2.99. The Kier molecular flexibility index (Phi) is 4.03. The van der Waals surface area contributed by atoms with Crippen LogP contribution in [-0.2, 0) is 5.88 Å². The Bertz CT molecular complexity index is 649. The molecule has 0 aliphatic carbocycles. The van der Waals surface area contributed by atoms with Crippen LogP contribution >= 0.6 is 11.6 Å². The Morgan fingerprint density at radius 3 is 2.63 bits per heavy atom. The van der Waals surface area contributed by atoms with Crippen molar-refractivity contribution in [1.82, 2.24) is 0 Å². The fraction of sp³-hybridized carbons (Fsp3) is 0.133. The molecule has 0 aliphatic heterocycles. The van der Waals surface area contributed by atoms with Gasteiger partial charge >= 0.3 is 0 Å². The maximum atomic E-state index is 13.5. The molecule has 0 bridgehead atoms. The molecule has 0 unspecified atom stereocenters. The van der Waals surface area contributed by atoms with Crippen molar-refractivity contribution in [3.8, 4) is 17.6 Å². The van der Waals surface area contributed by atoms with Crippen molar-refractivity contribution in [2.24, 2.45) is 0 Å². The number of nitrogens with zero attached hydrogens (tertiary/aromatic N) is 1. The van der Waals surface area contributed by atoms with Gasteiger partial charge in [0.25, 0.3) is 0 Å². The Labute approximate surface area is 116 Å². The minimum Gasteiger partial charge on any atom is -0.457 e. The van der Waals surface area contributed by atoms with Crippen LogP contribution in [0.4, 0.5) is 4.39 Å². The number of nitriles is 1. The first-order valence-corrected chi connectivity index (χ1v) is 6.20. The van der Waals surface area contributed by atoms with E-state index in [1.807, 2.05) is 19.1 Å². The molecule has 0 radical (unpaired) electrons. The van der Waals surface area contributed by atoms with Gasteiger partial charge in [-0.1, -0.05) is 12.1 Å². The van der Waals surface area contributed by atoms with Crippen molar-refractivity contribution in [2.75, 3.05) is 0 Å². The zero-order chi connectivity index (χ0) is 13.8. The normalized spacial score (nSPS) is 10.0. The van der Waals surface area contributed by atoms with Crippen LogP contribution in [0.25, 0.3) is 0 Å². The second-order valence-electron chi connectivity index (χ2n) is 4.09. The van der Waals surface area contributed by atoms with E-state index in [2.05, 4.69) is 0 Å². The third-order valence-electron chi connectivity index (χ3n) is 2.68. The molecule has 0 aliphatic rings. The van der Waals surface area contributed by atoms with Crippen LogP contribution in [-0.4, -0.2) is 0 Å². The molecule has 2 aromatic rings. The van der Waals surface area contributed by atoms with Gasteiger partial charge < -0.3 is 4.74 Å². The molecule has 0 amide bonds. The van der Waals surface area contributed by atoms with Gasteiger partial charge in [0.1, 0.15) is 23.4 Å². The number of aryl methyl sites for hydroxylation is 1. The van der Waals surface area contributed by atoms with Crippen LogP contribution in [0.1, 0.15) is 16.7 Å². The summed E-state index contributed by atoms with van der Waals surface area (Å²) in [5.41, 5.74) is 1.92. The lowest BCUT2D eigenvalue weighted by Crippen LogP contribution is -1.91. The largest absolute Gasteiger partial charge is 0.457 e. The molecule has 0 N–H and O–H groups in total. The van der Waals surface area contributed by atoms with Crippen molar-refractivity contribution in [3.63, 3.8) is 0 Å². The predicted octanol–water partition coefficient (Wildman–Crippen LogP) is 4.54. The lowest BCUT2D eigenvalue weighted by Gasteiger charge is -2.10. The first kappa shape index (κ1) is 13.4. The lowest BCUT2D eigenvalue weighted by atomic mass is 10.1. The molecule has 4 heteroatoms. The van der Waals surface area contributed by atoms with Crippen LogP contribution in [0.2, 0.25) is 0 Å². The minimum absolute atomic E-state index is 0.00144. The Morgan fingerprint density at radius 1 is 1.26 bits per heavy atom. The highest BCUT2D eigenvalue weighted by Gasteiger charge is 2.06. The van der Waals surface area contributed by atoms with E-state index in [0.29, 0.717) is 17.4 Å². The molecule has 96 valence electrons. The van der Waals surface area contributed by atoms with E-state index in [1.54, 1.807) is 18.2 Å². The fourth-order valence-electron chi connectivity index (χ4n) is 1.69. The molecule has 0 aromatic heterocycles. The first-order chi connectivity index (χ1) is 9.13. The van der Waals surface area contributed by atoms with Gasteiger partial charge in [-0.05, 0) is 36.2 Å². The summed E-state index contributed by atoms with van der Waals surface area (Å²) >= 11 is 5.74.